The Morgan fingerprint density at radius 3 is 2.50 bits per heavy atom. The van der Waals surface area contributed by atoms with Gasteiger partial charge in [-0.1, -0.05) is 39.3 Å². The van der Waals surface area contributed by atoms with E-state index in [4.69, 9.17) is 0 Å². The van der Waals surface area contributed by atoms with Crippen LogP contribution in [0.2, 0.25) is 0 Å². The van der Waals surface area contributed by atoms with Gasteiger partial charge < -0.3 is 15.3 Å². The molecule has 0 radical (unpaired) electrons. The quantitative estimate of drug-likeness (QED) is 0.636. The molecule has 30 heavy (non-hydrogen) atoms. The second kappa shape index (κ2) is 7.35. The highest BCUT2D eigenvalue weighted by molar-refractivity contribution is 6.01. The van der Waals surface area contributed by atoms with Crippen molar-refractivity contribution in [1.82, 2.24) is 0 Å². The number of hydrogen-bond donors (Lipinski definition) is 3. The van der Waals surface area contributed by atoms with Crippen molar-refractivity contribution in [3.8, 4) is 0 Å². The molecule has 0 aliphatic heterocycles. The molecule has 5 nitrogen and oxygen atoms in total. The number of ketones is 2. The second-order valence-electron chi connectivity index (χ2n) is 9.75. The average molecular weight is 423 g/mol. The molecule has 4 rings (SSSR count). The van der Waals surface area contributed by atoms with Gasteiger partial charge in [-0.3, -0.25) is 9.59 Å². The molecule has 8 unspecified atom stereocenters. The van der Waals surface area contributed by atoms with Crippen molar-refractivity contribution in [2.24, 2.45) is 28.6 Å². The van der Waals surface area contributed by atoms with Crippen LogP contribution in [0.3, 0.4) is 0 Å². The lowest BCUT2D eigenvalue weighted by molar-refractivity contribution is -0.219. The number of carbonyl (C=O) groups is 2. The van der Waals surface area contributed by atoms with E-state index in [2.05, 4.69) is 0 Å². The Hall–Kier alpha value is -1.37. The Balaban J connectivity index is 0.00000124. The zero-order chi connectivity index (χ0) is 22.7. The summed E-state index contributed by atoms with van der Waals surface area (Å²) in [5.74, 6) is -2.12. The highest BCUT2D eigenvalue weighted by Crippen LogP contribution is 2.70. The molecule has 4 aliphatic carbocycles. The van der Waals surface area contributed by atoms with E-state index in [1.54, 1.807) is 26.8 Å². The van der Waals surface area contributed by atoms with E-state index < -0.39 is 52.4 Å². The van der Waals surface area contributed by atoms with E-state index in [0.29, 0.717) is 24.8 Å². The number of aliphatic hydroxyl groups excluding tert-OH is 2. The van der Waals surface area contributed by atoms with Crippen LogP contribution in [0, 0.1) is 28.6 Å². The van der Waals surface area contributed by atoms with Crippen LogP contribution < -0.4 is 0 Å². The third kappa shape index (κ3) is 2.56. The van der Waals surface area contributed by atoms with E-state index in [0.717, 1.165) is 0 Å². The summed E-state index contributed by atoms with van der Waals surface area (Å²) in [6, 6.07) is 0. The molecule has 0 saturated heterocycles. The van der Waals surface area contributed by atoms with Crippen LogP contribution in [0.15, 0.2) is 23.8 Å². The lowest BCUT2D eigenvalue weighted by Crippen LogP contribution is -2.69. The topological polar surface area (TPSA) is 94.8 Å². The molecule has 0 spiro atoms. The molecule has 0 aromatic carbocycles. The summed E-state index contributed by atoms with van der Waals surface area (Å²) in [4.78, 5) is 24.4. The summed E-state index contributed by atoms with van der Waals surface area (Å²) < 4.78 is 16.9. The standard InChI is InChI=1S/C22H29FO5.C2H6/c1-12-8-16-15-5-4-13-9-14(25)6-7-19(13,2)21(15,23)17(26)10-20(16,3)22(12,28)18(27)11-24;1-2/h6-7,9,12,15-17,24,26,28H,4-5,8,10-11H2,1-3H3;1-2H3. The van der Waals surface area contributed by atoms with E-state index in [1.807, 2.05) is 13.8 Å². The maximum absolute atomic E-state index is 16.9. The van der Waals surface area contributed by atoms with Gasteiger partial charge in [0.25, 0.3) is 0 Å². The van der Waals surface area contributed by atoms with Crippen LogP contribution in [0.5, 0.6) is 0 Å². The molecule has 0 amide bonds. The first-order valence-electron chi connectivity index (χ1n) is 11.1. The van der Waals surface area contributed by atoms with E-state index in [-0.39, 0.29) is 18.1 Å². The predicted octanol–water partition coefficient (Wildman–Crippen LogP) is 2.92. The maximum atomic E-state index is 16.9. The Bertz CT molecular complexity index is 805. The zero-order valence-electron chi connectivity index (χ0n) is 18.6. The highest BCUT2D eigenvalue weighted by atomic mass is 19.1. The van der Waals surface area contributed by atoms with Gasteiger partial charge in [-0.25, -0.2) is 4.39 Å². The Morgan fingerprint density at radius 2 is 1.90 bits per heavy atom. The second-order valence-corrected chi connectivity index (χ2v) is 9.75. The van der Waals surface area contributed by atoms with E-state index in [9.17, 15) is 24.9 Å². The molecule has 6 heteroatoms. The monoisotopic (exact) mass is 422 g/mol. The molecule has 3 N–H and O–H groups in total. The van der Waals surface area contributed by atoms with Gasteiger partial charge in [0, 0.05) is 16.7 Å². The van der Waals surface area contributed by atoms with Gasteiger partial charge in [0.1, 0.15) is 12.2 Å². The molecule has 0 aromatic heterocycles. The van der Waals surface area contributed by atoms with Gasteiger partial charge in [-0.15, -0.1) is 0 Å². The van der Waals surface area contributed by atoms with Crippen LogP contribution in [0.25, 0.3) is 0 Å². The highest BCUT2D eigenvalue weighted by Gasteiger charge is 2.75. The lowest BCUT2D eigenvalue weighted by Gasteiger charge is -2.62. The molecule has 3 fully saturated rings. The molecular weight excluding hydrogens is 387 g/mol. The molecule has 3 saturated carbocycles. The van der Waals surface area contributed by atoms with E-state index in [1.165, 1.54) is 12.2 Å². The normalized spacial score (nSPS) is 49.2. The summed E-state index contributed by atoms with van der Waals surface area (Å²) in [7, 11) is 0. The van der Waals surface area contributed by atoms with Crippen molar-refractivity contribution in [3.63, 3.8) is 0 Å². The lowest BCUT2D eigenvalue weighted by atomic mass is 9.44. The van der Waals surface area contributed by atoms with Gasteiger partial charge >= 0.3 is 0 Å². The first-order valence-corrected chi connectivity index (χ1v) is 11.1. The first kappa shape index (κ1) is 23.3. The van der Waals surface area contributed by atoms with Crippen LogP contribution >= 0.6 is 0 Å². The van der Waals surface area contributed by atoms with Crippen LogP contribution in [0.1, 0.15) is 60.3 Å². The SMILES string of the molecule is CC.CC1CC2C3CCC4=CC(=O)C=CC4(C)C3(F)C(O)CC2(C)C1(O)C(=O)CO. The van der Waals surface area contributed by atoms with Gasteiger partial charge in [-0.05, 0) is 56.6 Å². The smallest absolute Gasteiger partial charge is 0.190 e. The van der Waals surface area contributed by atoms with Crippen LogP contribution in [-0.2, 0) is 9.59 Å². The number of allylic oxidation sites excluding steroid dienone is 4. The summed E-state index contributed by atoms with van der Waals surface area (Å²) in [6.45, 7) is 8.48. The minimum Gasteiger partial charge on any atom is -0.390 e. The number of fused-ring (bicyclic) bond motifs is 5. The average Bonchev–Trinajstić information content (AvgIpc) is 2.92. The number of carbonyl (C=O) groups excluding carboxylic acids is 2. The van der Waals surface area contributed by atoms with Crippen molar-refractivity contribution in [2.45, 2.75) is 77.7 Å². The van der Waals surface area contributed by atoms with Gasteiger partial charge in [0.2, 0.25) is 0 Å². The Kier molecular flexibility index (Phi) is 5.71. The fraction of sp³-hybridized carbons (Fsp3) is 0.750. The third-order valence-corrected chi connectivity index (χ3v) is 8.79. The number of halogens is 1. The molecule has 4 aliphatic rings. The predicted molar refractivity (Wildman–Crippen MR) is 111 cm³/mol. The third-order valence-electron chi connectivity index (χ3n) is 8.79. The summed E-state index contributed by atoms with van der Waals surface area (Å²) >= 11 is 0. The minimum absolute atomic E-state index is 0.0676. The van der Waals surface area contributed by atoms with E-state index >= 15 is 4.39 Å². The fourth-order valence-electron chi connectivity index (χ4n) is 7.26. The van der Waals surface area contributed by atoms with Crippen molar-refractivity contribution in [1.29, 1.82) is 0 Å². The molecule has 0 aromatic rings. The largest absolute Gasteiger partial charge is 0.390 e. The van der Waals surface area contributed by atoms with Crippen molar-refractivity contribution in [3.05, 3.63) is 23.8 Å². The number of alkyl halides is 1. The van der Waals surface area contributed by atoms with Gasteiger partial charge in [-0.2, -0.15) is 0 Å². The summed E-state index contributed by atoms with van der Waals surface area (Å²) in [5.41, 5.74) is -5.17. The molecular formula is C24H35FO5. The molecule has 8 atom stereocenters. The number of aliphatic hydroxyl groups is 3. The first-order chi connectivity index (χ1) is 14.0. The zero-order valence-corrected chi connectivity index (χ0v) is 18.6. The Morgan fingerprint density at radius 1 is 1.27 bits per heavy atom. The number of rotatable bonds is 2. The number of Topliss-reactive ketones (excluding diaryl/α,β-unsaturated/α-hetero) is 1. The summed E-state index contributed by atoms with van der Waals surface area (Å²) in [5, 5.41) is 32.0. The fourth-order valence-corrected chi connectivity index (χ4v) is 7.26. The van der Waals surface area contributed by atoms with Crippen LogP contribution in [-0.4, -0.2) is 50.9 Å². The molecule has 168 valence electrons. The number of hydrogen-bond acceptors (Lipinski definition) is 5. The van der Waals surface area contributed by atoms with Crippen molar-refractivity contribution < 1.29 is 29.3 Å². The molecule has 0 heterocycles. The maximum Gasteiger partial charge on any atom is 0.190 e. The van der Waals surface area contributed by atoms with Gasteiger partial charge in [0.15, 0.2) is 17.2 Å². The van der Waals surface area contributed by atoms with Crippen molar-refractivity contribution >= 4 is 11.6 Å². The van der Waals surface area contributed by atoms with Crippen LogP contribution in [0.4, 0.5) is 4.39 Å². The summed E-state index contributed by atoms with van der Waals surface area (Å²) in [6.07, 6.45) is 4.44. The molecule has 0 bridgehead atoms. The Labute approximate surface area is 178 Å². The van der Waals surface area contributed by atoms with Gasteiger partial charge in [0.05, 0.1) is 6.10 Å². The van der Waals surface area contributed by atoms with Crippen molar-refractivity contribution in [2.75, 3.05) is 6.61 Å². The minimum atomic E-state index is -1.98.